The number of hydrogen-bond acceptors (Lipinski definition) is 4. The van der Waals surface area contributed by atoms with Crippen molar-refractivity contribution < 1.29 is 23.8 Å². The molecule has 2 rings (SSSR count). The van der Waals surface area contributed by atoms with E-state index in [9.17, 15) is 9.18 Å². The normalized spacial score (nSPS) is 10.3. The molecule has 1 heterocycles. The molecule has 0 radical (unpaired) electrons. The number of carboxylic acid groups (broad SMARTS) is 1. The van der Waals surface area contributed by atoms with Gasteiger partial charge in [0.1, 0.15) is 23.9 Å². The van der Waals surface area contributed by atoms with Gasteiger partial charge in [0.05, 0.1) is 19.9 Å². The van der Waals surface area contributed by atoms with Crippen molar-refractivity contribution >= 4 is 5.97 Å². The summed E-state index contributed by atoms with van der Waals surface area (Å²) in [4.78, 5) is 10.8. The van der Waals surface area contributed by atoms with Crippen LogP contribution in [0.5, 0.6) is 11.5 Å². The zero-order valence-electron chi connectivity index (χ0n) is 10.9. The number of aromatic carboxylic acids is 1. The highest BCUT2D eigenvalue weighted by atomic mass is 19.1. The Hall–Kier alpha value is -2.57. The summed E-state index contributed by atoms with van der Waals surface area (Å²) in [5, 5.41) is 15.2. The average Bonchev–Trinajstić information content (AvgIpc) is 2.95. The van der Waals surface area contributed by atoms with E-state index in [1.165, 1.54) is 26.4 Å². The fraction of sp³-hybridized carbons (Fsp3) is 0.231. The fourth-order valence-electron chi connectivity index (χ4n) is 1.83. The third-order valence-corrected chi connectivity index (χ3v) is 2.83. The molecular formula is C13H13FN2O4. The lowest BCUT2D eigenvalue weighted by atomic mass is 10.1. The summed E-state index contributed by atoms with van der Waals surface area (Å²) in [6, 6.07) is 4.44. The van der Waals surface area contributed by atoms with Crippen molar-refractivity contribution in [3.8, 4) is 22.8 Å². The van der Waals surface area contributed by atoms with Crippen LogP contribution >= 0.6 is 0 Å². The molecule has 0 spiro atoms. The molecule has 0 amide bonds. The predicted molar refractivity (Wildman–Crippen MR) is 68.9 cm³/mol. The number of rotatable bonds is 5. The van der Waals surface area contributed by atoms with Crippen LogP contribution in [0.25, 0.3) is 11.3 Å². The smallest absolute Gasteiger partial charge is 0.353 e. The monoisotopic (exact) mass is 280 g/mol. The molecule has 0 aliphatic carbocycles. The largest absolute Gasteiger partial charge is 0.496 e. The molecule has 0 unspecified atom stereocenters. The van der Waals surface area contributed by atoms with Gasteiger partial charge in [-0.25, -0.2) is 9.18 Å². The van der Waals surface area contributed by atoms with Gasteiger partial charge in [0.25, 0.3) is 0 Å². The Balaban J connectivity index is 2.56. The van der Waals surface area contributed by atoms with Crippen molar-refractivity contribution in [1.29, 1.82) is 0 Å². The third-order valence-electron chi connectivity index (χ3n) is 2.83. The Kier molecular flexibility index (Phi) is 3.88. The Morgan fingerprint density at radius 3 is 2.50 bits per heavy atom. The molecule has 0 bridgehead atoms. The van der Waals surface area contributed by atoms with Crippen LogP contribution in [0.4, 0.5) is 4.39 Å². The number of alkyl halides is 1. The first-order chi connectivity index (χ1) is 9.60. The van der Waals surface area contributed by atoms with Crippen LogP contribution in [0.1, 0.15) is 16.1 Å². The Morgan fingerprint density at radius 1 is 1.30 bits per heavy atom. The van der Waals surface area contributed by atoms with Crippen LogP contribution < -0.4 is 9.47 Å². The molecule has 0 fully saturated rings. The minimum absolute atomic E-state index is 0.0458. The molecule has 6 nitrogen and oxygen atoms in total. The van der Waals surface area contributed by atoms with Crippen molar-refractivity contribution in [2.75, 3.05) is 14.2 Å². The number of nitrogens with zero attached hydrogens (tertiary/aromatic N) is 1. The second kappa shape index (κ2) is 5.60. The number of ether oxygens (including phenoxy) is 2. The van der Waals surface area contributed by atoms with Gasteiger partial charge < -0.3 is 14.6 Å². The maximum atomic E-state index is 12.9. The van der Waals surface area contributed by atoms with Gasteiger partial charge in [0, 0.05) is 11.1 Å². The van der Waals surface area contributed by atoms with E-state index in [1.54, 1.807) is 6.07 Å². The van der Waals surface area contributed by atoms with Crippen molar-refractivity contribution in [2.45, 2.75) is 6.67 Å². The lowest BCUT2D eigenvalue weighted by Gasteiger charge is -2.12. The van der Waals surface area contributed by atoms with E-state index in [0.29, 0.717) is 28.3 Å². The molecule has 1 aromatic carbocycles. The van der Waals surface area contributed by atoms with Gasteiger partial charge in [-0.15, -0.1) is 0 Å². The highest BCUT2D eigenvalue weighted by Gasteiger charge is 2.16. The number of benzene rings is 1. The Bertz CT molecular complexity index is 639. The maximum Gasteiger partial charge on any atom is 0.353 e. The van der Waals surface area contributed by atoms with E-state index in [1.807, 2.05) is 0 Å². The SMILES string of the molecule is COc1cc(-c2cc(C(=O)O)[nH]n2)c(OC)cc1CF. The first-order valence-corrected chi connectivity index (χ1v) is 5.70. The van der Waals surface area contributed by atoms with E-state index >= 15 is 0 Å². The highest BCUT2D eigenvalue weighted by Crippen LogP contribution is 2.35. The summed E-state index contributed by atoms with van der Waals surface area (Å²) in [7, 11) is 2.87. The van der Waals surface area contributed by atoms with E-state index in [4.69, 9.17) is 14.6 Å². The Labute approximate surface area is 114 Å². The molecule has 1 aromatic heterocycles. The molecule has 7 heteroatoms. The van der Waals surface area contributed by atoms with E-state index < -0.39 is 12.6 Å². The number of hydrogen-bond donors (Lipinski definition) is 2. The quantitative estimate of drug-likeness (QED) is 0.877. The number of nitrogens with one attached hydrogen (secondary N) is 1. The van der Waals surface area contributed by atoms with E-state index in [0.717, 1.165) is 0 Å². The standard InChI is InChI=1S/C13H13FN2O4/c1-19-11-4-8(12(20-2)3-7(11)6-14)9-5-10(13(17)18)16-15-9/h3-5H,6H2,1-2H3,(H,15,16)(H,17,18). The zero-order chi connectivity index (χ0) is 14.7. The van der Waals surface area contributed by atoms with Crippen LogP contribution in [-0.2, 0) is 6.67 Å². The molecule has 0 saturated heterocycles. The number of carboxylic acids is 1. The summed E-state index contributed by atoms with van der Waals surface area (Å²) in [6.07, 6.45) is 0. The van der Waals surface area contributed by atoms with Crippen LogP contribution in [0.3, 0.4) is 0 Å². The summed E-state index contributed by atoms with van der Waals surface area (Å²) >= 11 is 0. The summed E-state index contributed by atoms with van der Waals surface area (Å²) in [5.74, 6) is -0.375. The number of halogens is 1. The summed E-state index contributed by atoms with van der Waals surface area (Å²) in [5.41, 5.74) is 1.20. The van der Waals surface area contributed by atoms with Gasteiger partial charge in [-0.05, 0) is 18.2 Å². The number of methoxy groups -OCH3 is 2. The number of carbonyl (C=O) groups is 1. The van der Waals surface area contributed by atoms with Crippen molar-refractivity contribution in [2.24, 2.45) is 0 Å². The first kappa shape index (κ1) is 13.9. The maximum absolute atomic E-state index is 12.9. The highest BCUT2D eigenvalue weighted by molar-refractivity contribution is 5.87. The van der Waals surface area contributed by atoms with E-state index in [-0.39, 0.29) is 5.69 Å². The van der Waals surface area contributed by atoms with Gasteiger partial charge in [-0.1, -0.05) is 0 Å². The lowest BCUT2D eigenvalue weighted by molar-refractivity contribution is 0.0690. The minimum atomic E-state index is -1.12. The number of aromatic amines is 1. The van der Waals surface area contributed by atoms with Crippen LogP contribution in [-0.4, -0.2) is 35.5 Å². The molecular weight excluding hydrogens is 267 g/mol. The molecule has 0 aliphatic heterocycles. The van der Waals surface area contributed by atoms with Crippen LogP contribution in [0.15, 0.2) is 18.2 Å². The predicted octanol–water partition coefficient (Wildman–Crippen LogP) is 2.26. The molecule has 0 aliphatic rings. The van der Waals surface area contributed by atoms with Crippen LogP contribution in [0.2, 0.25) is 0 Å². The number of H-pyrrole nitrogens is 1. The molecule has 2 aromatic rings. The second-order valence-corrected chi connectivity index (χ2v) is 3.97. The third kappa shape index (κ3) is 2.42. The van der Waals surface area contributed by atoms with Crippen molar-refractivity contribution in [1.82, 2.24) is 10.2 Å². The summed E-state index contributed by atoms with van der Waals surface area (Å²) in [6.45, 7) is -0.694. The molecule has 0 saturated carbocycles. The lowest BCUT2D eigenvalue weighted by Crippen LogP contribution is -1.95. The summed E-state index contributed by atoms with van der Waals surface area (Å²) < 4.78 is 23.2. The first-order valence-electron chi connectivity index (χ1n) is 5.70. The zero-order valence-corrected chi connectivity index (χ0v) is 10.9. The molecule has 2 N–H and O–H groups in total. The van der Waals surface area contributed by atoms with Gasteiger partial charge in [-0.3, -0.25) is 5.10 Å². The van der Waals surface area contributed by atoms with Crippen molar-refractivity contribution in [3.63, 3.8) is 0 Å². The average molecular weight is 280 g/mol. The van der Waals surface area contributed by atoms with Crippen LogP contribution in [0, 0.1) is 0 Å². The molecule has 0 atom stereocenters. The molecule has 20 heavy (non-hydrogen) atoms. The Morgan fingerprint density at radius 2 is 2.00 bits per heavy atom. The second-order valence-electron chi connectivity index (χ2n) is 3.97. The van der Waals surface area contributed by atoms with Gasteiger partial charge in [0.15, 0.2) is 0 Å². The topological polar surface area (TPSA) is 84.4 Å². The van der Waals surface area contributed by atoms with E-state index in [2.05, 4.69) is 10.2 Å². The van der Waals surface area contributed by atoms with Gasteiger partial charge >= 0.3 is 5.97 Å². The van der Waals surface area contributed by atoms with Crippen molar-refractivity contribution in [3.05, 3.63) is 29.5 Å². The number of aromatic nitrogens is 2. The fourth-order valence-corrected chi connectivity index (χ4v) is 1.83. The van der Waals surface area contributed by atoms with Gasteiger partial charge in [0.2, 0.25) is 0 Å². The van der Waals surface area contributed by atoms with Gasteiger partial charge in [-0.2, -0.15) is 5.10 Å². The molecule has 106 valence electrons. The minimum Gasteiger partial charge on any atom is -0.496 e.